The number of aryl methyl sites for hydroxylation is 1. The average molecular weight is 307 g/mol. The van der Waals surface area contributed by atoms with Crippen LogP contribution >= 0.6 is 11.3 Å². The summed E-state index contributed by atoms with van der Waals surface area (Å²) in [6, 6.07) is 7.76. The van der Waals surface area contributed by atoms with E-state index in [4.69, 9.17) is 4.74 Å². The smallest absolute Gasteiger partial charge is 0.307 e. The number of aromatic nitrogens is 1. The Kier molecular flexibility index (Phi) is 5.16. The van der Waals surface area contributed by atoms with Crippen LogP contribution in [0.25, 0.3) is 0 Å². The fraction of sp³-hybridized carbons (Fsp3) is 0.333. The summed E-state index contributed by atoms with van der Waals surface area (Å²) in [5.41, 5.74) is 2.05. The van der Waals surface area contributed by atoms with Crippen LogP contribution in [0.5, 0.6) is 5.88 Å². The van der Waals surface area contributed by atoms with Crippen molar-refractivity contribution in [1.29, 1.82) is 0 Å². The topological polar surface area (TPSA) is 79.4 Å². The van der Waals surface area contributed by atoms with E-state index < -0.39 is 0 Å². The summed E-state index contributed by atoms with van der Waals surface area (Å²) < 4.78 is 4.88. The molecule has 1 heterocycles. The van der Waals surface area contributed by atoms with Gasteiger partial charge in [-0.15, -0.1) is 0 Å². The summed E-state index contributed by atoms with van der Waals surface area (Å²) >= 11 is 1.01. The number of carbonyl (C=O) groups excluding carboxylic acids is 1. The number of carbonyl (C=O) groups is 1. The van der Waals surface area contributed by atoms with Gasteiger partial charge in [0.15, 0.2) is 0 Å². The molecule has 0 atom stereocenters. The lowest BCUT2D eigenvalue weighted by Gasteiger charge is -2.04. The van der Waals surface area contributed by atoms with Crippen molar-refractivity contribution in [2.75, 3.05) is 6.61 Å². The number of ether oxygens (including phenoxy) is 1. The highest BCUT2D eigenvalue weighted by Gasteiger charge is 2.08. The minimum absolute atomic E-state index is 0.0589. The lowest BCUT2D eigenvalue weighted by Crippen LogP contribution is -2.05. The molecular weight excluding hydrogens is 290 g/mol. The van der Waals surface area contributed by atoms with E-state index in [-0.39, 0.29) is 16.7 Å². The standard InChI is InChI=1S/C15H17NO4S/c1-2-20-13(17)8-7-10-3-5-11(6-4-10)9-12-14(18)16-15(19)21-12/h3-6,18H,2,7-9H2,1H3,(H,16,19). The van der Waals surface area contributed by atoms with Crippen LogP contribution in [0.2, 0.25) is 0 Å². The van der Waals surface area contributed by atoms with Crippen LogP contribution in [0.1, 0.15) is 29.3 Å². The van der Waals surface area contributed by atoms with Crippen LogP contribution in [0.15, 0.2) is 29.1 Å². The van der Waals surface area contributed by atoms with E-state index in [2.05, 4.69) is 4.98 Å². The van der Waals surface area contributed by atoms with Crippen molar-refractivity contribution in [2.45, 2.75) is 26.2 Å². The molecule has 5 nitrogen and oxygen atoms in total. The first-order valence-corrected chi connectivity index (χ1v) is 7.54. The van der Waals surface area contributed by atoms with Crippen molar-refractivity contribution in [1.82, 2.24) is 4.98 Å². The third-order valence-electron chi connectivity index (χ3n) is 3.01. The van der Waals surface area contributed by atoms with Crippen LogP contribution in [0, 0.1) is 0 Å². The van der Waals surface area contributed by atoms with Crippen molar-refractivity contribution in [3.05, 3.63) is 49.9 Å². The van der Waals surface area contributed by atoms with Gasteiger partial charge in [-0.25, -0.2) is 0 Å². The number of nitrogens with one attached hydrogen (secondary N) is 1. The van der Waals surface area contributed by atoms with Crippen molar-refractivity contribution in [3.63, 3.8) is 0 Å². The van der Waals surface area contributed by atoms with Gasteiger partial charge in [-0.2, -0.15) is 0 Å². The second-order valence-electron chi connectivity index (χ2n) is 4.58. The molecule has 0 amide bonds. The molecule has 0 saturated carbocycles. The van der Waals surface area contributed by atoms with Gasteiger partial charge in [0.25, 0.3) is 0 Å². The summed E-state index contributed by atoms with van der Waals surface area (Å²) in [7, 11) is 0. The molecule has 0 aliphatic rings. The molecule has 0 unspecified atom stereocenters. The quantitative estimate of drug-likeness (QED) is 0.802. The minimum atomic E-state index is -0.256. The number of aromatic amines is 1. The highest BCUT2D eigenvalue weighted by atomic mass is 32.1. The Bertz CT molecular complexity index is 657. The largest absolute Gasteiger partial charge is 0.494 e. The number of hydrogen-bond acceptors (Lipinski definition) is 5. The van der Waals surface area contributed by atoms with Gasteiger partial charge in [0, 0.05) is 12.8 Å². The lowest BCUT2D eigenvalue weighted by atomic mass is 10.1. The third-order valence-corrected chi connectivity index (χ3v) is 3.88. The minimum Gasteiger partial charge on any atom is -0.494 e. The number of rotatable bonds is 6. The van der Waals surface area contributed by atoms with Gasteiger partial charge in [0.1, 0.15) is 0 Å². The van der Waals surface area contributed by atoms with Gasteiger partial charge in [-0.3, -0.25) is 14.6 Å². The Balaban J connectivity index is 1.94. The fourth-order valence-electron chi connectivity index (χ4n) is 1.96. The zero-order valence-electron chi connectivity index (χ0n) is 11.7. The maximum absolute atomic E-state index is 11.3. The maximum atomic E-state index is 11.3. The van der Waals surface area contributed by atoms with Gasteiger partial charge in [0.05, 0.1) is 11.5 Å². The van der Waals surface area contributed by atoms with Gasteiger partial charge in [-0.05, 0) is 24.5 Å². The van der Waals surface area contributed by atoms with Crippen LogP contribution < -0.4 is 4.87 Å². The third kappa shape index (κ3) is 4.46. The van der Waals surface area contributed by atoms with Gasteiger partial charge >= 0.3 is 10.8 Å². The first kappa shape index (κ1) is 15.3. The summed E-state index contributed by atoms with van der Waals surface area (Å²) in [4.78, 5) is 25.1. The predicted molar refractivity (Wildman–Crippen MR) is 80.8 cm³/mol. The second kappa shape index (κ2) is 7.08. The Morgan fingerprint density at radius 1 is 1.29 bits per heavy atom. The van der Waals surface area contributed by atoms with Crippen molar-refractivity contribution >= 4 is 17.3 Å². The molecule has 0 bridgehead atoms. The molecule has 2 rings (SSSR count). The predicted octanol–water partition coefficient (Wildman–Crippen LogP) is 2.23. The van der Waals surface area contributed by atoms with Crippen LogP contribution in [0.4, 0.5) is 0 Å². The van der Waals surface area contributed by atoms with E-state index in [1.165, 1.54) is 0 Å². The van der Waals surface area contributed by atoms with Gasteiger partial charge in [0.2, 0.25) is 5.88 Å². The molecule has 0 fully saturated rings. The molecular formula is C15H17NO4S. The zero-order chi connectivity index (χ0) is 15.2. The number of esters is 1. The molecule has 0 radical (unpaired) electrons. The lowest BCUT2D eigenvalue weighted by molar-refractivity contribution is -0.143. The van der Waals surface area contributed by atoms with E-state index in [1.807, 2.05) is 24.3 Å². The average Bonchev–Trinajstić information content (AvgIpc) is 2.76. The SMILES string of the molecule is CCOC(=O)CCc1ccc(Cc2sc(=O)[nH]c2O)cc1. The van der Waals surface area contributed by atoms with Crippen LogP contribution in [-0.4, -0.2) is 22.7 Å². The molecule has 2 aromatic rings. The van der Waals surface area contributed by atoms with Crippen molar-refractivity contribution in [2.24, 2.45) is 0 Å². The van der Waals surface area contributed by atoms with Crippen molar-refractivity contribution < 1.29 is 14.6 Å². The summed E-state index contributed by atoms with van der Waals surface area (Å²) in [5.74, 6) is -0.250. The second-order valence-corrected chi connectivity index (χ2v) is 5.65. The Hall–Kier alpha value is -2.08. The molecule has 6 heteroatoms. The van der Waals surface area contributed by atoms with Crippen LogP contribution in [-0.2, 0) is 22.4 Å². The molecule has 0 aliphatic carbocycles. The number of H-pyrrole nitrogens is 1. The van der Waals surface area contributed by atoms with E-state index in [9.17, 15) is 14.7 Å². The maximum Gasteiger partial charge on any atom is 0.307 e. The number of hydrogen-bond donors (Lipinski definition) is 2. The van der Waals surface area contributed by atoms with Crippen molar-refractivity contribution in [3.8, 4) is 5.88 Å². The van der Waals surface area contributed by atoms with E-state index >= 15 is 0 Å². The zero-order valence-corrected chi connectivity index (χ0v) is 12.5. The normalized spacial score (nSPS) is 10.5. The first-order valence-electron chi connectivity index (χ1n) is 6.73. The summed E-state index contributed by atoms with van der Waals surface area (Å²) in [6.07, 6.45) is 1.52. The molecule has 1 aromatic heterocycles. The van der Waals surface area contributed by atoms with Gasteiger partial charge in [-0.1, -0.05) is 35.6 Å². The highest BCUT2D eigenvalue weighted by molar-refractivity contribution is 7.09. The van der Waals surface area contributed by atoms with E-state index in [0.29, 0.717) is 30.7 Å². The molecule has 0 aliphatic heterocycles. The first-order chi connectivity index (χ1) is 10.1. The van der Waals surface area contributed by atoms with Gasteiger partial charge < -0.3 is 9.84 Å². The highest BCUT2D eigenvalue weighted by Crippen LogP contribution is 2.20. The Labute approximate surface area is 126 Å². The Morgan fingerprint density at radius 2 is 1.95 bits per heavy atom. The number of benzene rings is 1. The van der Waals surface area contributed by atoms with E-state index in [0.717, 1.165) is 22.5 Å². The molecule has 1 aromatic carbocycles. The molecule has 112 valence electrons. The Morgan fingerprint density at radius 3 is 2.52 bits per heavy atom. The molecule has 0 saturated heterocycles. The summed E-state index contributed by atoms with van der Waals surface area (Å²) in [6.45, 7) is 2.19. The number of thiazole rings is 1. The molecule has 0 spiro atoms. The van der Waals surface area contributed by atoms with Crippen LogP contribution in [0.3, 0.4) is 0 Å². The number of aromatic hydroxyl groups is 1. The monoisotopic (exact) mass is 307 g/mol. The fourth-order valence-corrected chi connectivity index (χ4v) is 2.72. The van der Waals surface area contributed by atoms with E-state index in [1.54, 1.807) is 6.92 Å². The molecule has 2 N–H and O–H groups in total. The summed E-state index contributed by atoms with van der Waals surface area (Å²) in [5, 5.41) is 9.55. The molecule has 21 heavy (non-hydrogen) atoms.